The molecule has 2 aromatic heterocycles. The molecule has 1 aliphatic rings. The molecule has 4 nitrogen and oxygen atoms in total. The summed E-state index contributed by atoms with van der Waals surface area (Å²) in [5, 5.41) is 1.26. The molecule has 0 saturated heterocycles. The molecule has 0 amide bonds. The number of benzene rings is 2. The molecule has 3 heterocycles. The van der Waals surface area contributed by atoms with Crippen LogP contribution in [-0.4, -0.2) is 33.4 Å². The van der Waals surface area contributed by atoms with E-state index in [9.17, 15) is 0 Å². The summed E-state index contributed by atoms with van der Waals surface area (Å²) >= 11 is 0. The van der Waals surface area contributed by atoms with E-state index in [-0.39, 0.29) is 0 Å². The maximum Gasteiger partial charge on any atom is 0.159 e. The number of H-pyrrole nitrogens is 1. The SMILES string of the molecule is CN1Cc2cc(-c3ncccn3)ccc2C(c2ccc3cc[nH]c3c2)C1. The third-order valence-electron chi connectivity index (χ3n) is 5.26. The predicted molar refractivity (Wildman–Crippen MR) is 104 cm³/mol. The van der Waals surface area contributed by atoms with Gasteiger partial charge in [0.1, 0.15) is 0 Å². The quantitative estimate of drug-likeness (QED) is 0.595. The summed E-state index contributed by atoms with van der Waals surface area (Å²) in [4.78, 5) is 14.5. The van der Waals surface area contributed by atoms with Crippen molar-refractivity contribution < 1.29 is 0 Å². The molecule has 0 radical (unpaired) electrons. The standard InChI is InChI=1S/C22H20N4/c1-26-13-18-11-17(22-24-8-2-9-25-22)5-6-19(18)20(14-26)16-4-3-15-7-10-23-21(15)12-16/h2-12,20,23H,13-14H2,1H3. The van der Waals surface area contributed by atoms with Crippen LogP contribution in [0.5, 0.6) is 0 Å². The molecule has 1 aliphatic heterocycles. The molecule has 4 aromatic rings. The van der Waals surface area contributed by atoms with Crippen LogP contribution in [0, 0.1) is 0 Å². The molecule has 128 valence electrons. The van der Waals surface area contributed by atoms with Crippen LogP contribution < -0.4 is 0 Å². The molecule has 0 fully saturated rings. The first kappa shape index (κ1) is 15.3. The zero-order valence-electron chi connectivity index (χ0n) is 14.7. The van der Waals surface area contributed by atoms with Crippen molar-refractivity contribution in [2.45, 2.75) is 12.5 Å². The summed E-state index contributed by atoms with van der Waals surface area (Å²) in [6, 6.07) is 17.4. The van der Waals surface area contributed by atoms with Crippen LogP contribution in [0.2, 0.25) is 0 Å². The highest BCUT2D eigenvalue weighted by Crippen LogP contribution is 2.35. The minimum Gasteiger partial charge on any atom is -0.361 e. The van der Waals surface area contributed by atoms with Crippen LogP contribution in [0.15, 0.2) is 67.1 Å². The van der Waals surface area contributed by atoms with E-state index in [1.165, 1.54) is 27.6 Å². The molecule has 1 N–H and O–H groups in total. The van der Waals surface area contributed by atoms with Gasteiger partial charge in [0.2, 0.25) is 0 Å². The number of likely N-dealkylation sites (N-methyl/N-ethyl adjacent to an activating group) is 1. The van der Waals surface area contributed by atoms with E-state index in [0.717, 1.165) is 24.5 Å². The number of nitrogens with zero attached hydrogens (tertiary/aromatic N) is 3. The Kier molecular flexibility index (Phi) is 3.57. The van der Waals surface area contributed by atoms with Gasteiger partial charge in [-0.15, -0.1) is 0 Å². The van der Waals surface area contributed by atoms with Gasteiger partial charge in [0.25, 0.3) is 0 Å². The van der Waals surface area contributed by atoms with Crippen molar-refractivity contribution in [2.24, 2.45) is 0 Å². The van der Waals surface area contributed by atoms with E-state index in [1.54, 1.807) is 12.4 Å². The van der Waals surface area contributed by atoms with Crippen LogP contribution >= 0.6 is 0 Å². The fraction of sp³-hybridized carbons (Fsp3) is 0.182. The monoisotopic (exact) mass is 340 g/mol. The number of nitrogens with one attached hydrogen (secondary N) is 1. The van der Waals surface area contributed by atoms with E-state index in [0.29, 0.717) is 5.92 Å². The van der Waals surface area contributed by atoms with Gasteiger partial charge >= 0.3 is 0 Å². The van der Waals surface area contributed by atoms with E-state index >= 15 is 0 Å². The molecular weight excluding hydrogens is 320 g/mol. The van der Waals surface area contributed by atoms with E-state index < -0.39 is 0 Å². The summed E-state index contributed by atoms with van der Waals surface area (Å²) in [7, 11) is 2.19. The van der Waals surface area contributed by atoms with Crippen molar-refractivity contribution in [2.75, 3.05) is 13.6 Å². The Morgan fingerprint density at radius 3 is 2.81 bits per heavy atom. The third-order valence-corrected chi connectivity index (χ3v) is 5.26. The second-order valence-corrected chi connectivity index (χ2v) is 7.06. The summed E-state index contributed by atoms with van der Waals surface area (Å²) in [6.45, 7) is 1.98. The highest BCUT2D eigenvalue weighted by Gasteiger charge is 2.25. The minimum atomic E-state index is 0.377. The van der Waals surface area contributed by atoms with Crippen LogP contribution in [-0.2, 0) is 6.54 Å². The Hall–Kier alpha value is -2.98. The number of fused-ring (bicyclic) bond motifs is 2. The van der Waals surface area contributed by atoms with E-state index in [2.05, 4.69) is 69.4 Å². The second kappa shape index (κ2) is 6.07. The van der Waals surface area contributed by atoms with Crippen LogP contribution in [0.3, 0.4) is 0 Å². The summed E-state index contributed by atoms with van der Waals surface area (Å²) < 4.78 is 0. The number of hydrogen-bond donors (Lipinski definition) is 1. The van der Waals surface area contributed by atoms with Crippen molar-refractivity contribution in [3.8, 4) is 11.4 Å². The van der Waals surface area contributed by atoms with Crippen LogP contribution in [0.1, 0.15) is 22.6 Å². The lowest BCUT2D eigenvalue weighted by Gasteiger charge is -2.33. The van der Waals surface area contributed by atoms with E-state index in [4.69, 9.17) is 0 Å². The van der Waals surface area contributed by atoms with Gasteiger partial charge < -0.3 is 9.88 Å². The molecule has 0 spiro atoms. The molecule has 0 aliphatic carbocycles. The van der Waals surface area contributed by atoms with Gasteiger partial charge in [0.05, 0.1) is 0 Å². The van der Waals surface area contributed by atoms with Gasteiger partial charge in [-0.2, -0.15) is 0 Å². The van der Waals surface area contributed by atoms with Gasteiger partial charge in [-0.1, -0.05) is 24.3 Å². The Morgan fingerprint density at radius 2 is 1.92 bits per heavy atom. The van der Waals surface area contributed by atoms with Crippen LogP contribution in [0.4, 0.5) is 0 Å². The molecule has 0 saturated carbocycles. The molecule has 5 rings (SSSR count). The number of rotatable bonds is 2. The largest absolute Gasteiger partial charge is 0.361 e. The fourth-order valence-corrected chi connectivity index (χ4v) is 4.00. The number of aromatic amines is 1. The lowest BCUT2D eigenvalue weighted by atomic mass is 9.84. The minimum absolute atomic E-state index is 0.377. The smallest absolute Gasteiger partial charge is 0.159 e. The fourth-order valence-electron chi connectivity index (χ4n) is 4.00. The van der Waals surface area contributed by atoms with Gasteiger partial charge in [0.15, 0.2) is 5.82 Å². The molecular formula is C22H20N4. The lowest BCUT2D eigenvalue weighted by Crippen LogP contribution is -2.31. The van der Waals surface area contributed by atoms with Crippen LogP contribution in [0.25, 0.3) is 22.3 Å². The Bertz CT molecular complexity index is 1070. The first-order chi connectivity index (χ1) is 12.8. The topological polar surface area (TPSA) is 44.8 Å². The Balaban J connectivity index is 1.59. The molecule has 0 bridgehead atoms. The van der Waals surface area contributed by atoms with Gasteiger partial charge in [-0.3, -0.25) is 0 Å². The van der Waals surface area contributed by atoms with Crippen molar-refractivity contribution in [3.63, 3.8) is 0 Å². The molecule has 4 heteroatoms. The maximum absolute atomic E-state index is 4.39. The summed E-state index contributed by atoms with van der Waals surface area (Å²) in [5.41, 5.74) is 6.41. The first-order valence-electron chi connectivity index (χ1n) is 8.94. The average Bonchev–Trinajstić information content (AvgIpc) is 3.15. The van der Waals surface area contributed by atoms with Crippen molar-refractivity contribution in [1.29, 1.82) is 0 Å². The molecule has 26 heavy (non-hydrogen) atoms. The third kappa shape index (κ3) is 2.59. The average molecular weight is 340 g/mol. The highest BCUT2D eigenvalue weighted by atomic mass is 15.1. The predicted octanol–water partition coefficient (Wildman–Crippen LogP) is 4.20. The Labute approximate surface area is 152 Å². The second-order valence-electron chi connectivity index (χ2n) is 7.06. The number of aromatic nitrogens is 3. The molecule has 2 aromatic carbocycles. The highest BCUT2D eigenvalue weighted by molar-refractivity contribution is 5.80. The number of hydrogen-bond acceptors (Lipinski definition) is 3. The van der Waals surface area contributed by atoms with Gasteiger partial charge in [0, 0.05) is 48.7 Å². The van der Waals surface area contributed by atoms with Gasteiger partial charge in [-0.25, -0.2) is 9.97 Å². The summed E-state index contributed by atoms with van der Waals surface area (Å²) in [6.07, 6.45) is 5.59. The van der Waals surface area contributed by atoms with Gasteiger partial charge in [-0.05, 0) is 53.4 Å². The molecule has 1 unspecified atom stereocenters. The van der Waals surface area contributed by atoms with Crippen molar-refractivity contribution in [1.82, 2.24) is 19.9 Å². The normalized spacial score (nSPS) is 17.3. The zero-order chi connectivity index (χ0) is 17.5. The van der Waals surface area contributed by atoms with E-state index in [1.807, 2.05) is 12.3 Å². The lowest BCUT2D eigenvalue weighted by molar-refractivity contribution is 0.295. The zero-order valence-corrected chi connectivity index (χ0v) is 14.7. The first-order valence-corrected chi connectivity index (χ1v) is 8.94. The Morgan fingerprint density at radius 1 is 1.04 bits per heavy atom. The maximum atomic E-state index is 4.39. The molecule has 1 atom stereocenters. The van der Waals surface area contributed by atoms with Crippen molar-refractivity contribution in [3.05, 3.63) is 83.8 Å². The van der Waals surface area contributed by atoms with Crippen molar-refractivity contribution >= 4 is 10.9 Å². The summed E-state index contributed by atoms with van der Waals surface area (Å²) in [5.74, 6) is 1.16.